The average molecular weight is 423 g/mol. The number of benzene rings is 1. The van der Waals surface area contributed by atoms with Crippen LogP contribution in [0.5, 0.6) is 0 Å². The summed E-state index contributed by atoms with van der Waals surface area (Å²) in [6, 6.07) is 8.47. The first-order chi connectivity index (χ1) is 15.1. The van der Waals surface area contributed by atoms with Crippen molar-refractivity contribution in [2.24, 2.45) is 0 Å². The van der Waals surface area contributed by atoms with Crippen LogP contribution in [0.15, 0.2) is 24.3 Å². The molecule has 0 saturated carbocycles. The van der Waals surface area contributed by atoms with Crippen LogP contribution in [-0.4, -0.2) is 80.2 Å². The van der Waals surface area contributed by atoms with Crippen molar-refractivity contribution in [1.82, 2.24) is 20.2 Å². The van der Waals surface area contributed by atoms with E-state index in [0.717, 1.165) is 69.6 Å². The number of nitrogens with two attached hydrogens (primary N) is 1. The molecule has 2 aromatic rings. The van der Waals surface area contributed by atoms with Crippen LogP contribution in [0.1, 0.15) is 11.1 Å². The molecule has 1 amide bonds. The largest absolute Gasteiger partial charge is 0.368 e. The Balaban J connectivity index is 1.37. The van der Waals surface area contributed by atoms with Crippen molar-refractivity contribution in [1.29, 1.82) is 0 Å². The van der Waals surface area contributed by atoms with E-state index in [2.05, 4.69) is 61.3 Å². The van der Waals surface area contributed by atoms with Gasteiger partial charge in [0.25, 0.3) is 0 Å². The topological polar surface area (TPSA) is 93.9 Å². The molecule has 0 radical (unpaired) electrons. The number of anilines is 4. The lowest BCUT2D eigenvalue weighted by molar-refractivity contribution is -0.118. The molecule has 5 rings (SSSR count). The Morgan fingerprint density at radius 2 is 1.71 bits per heavy atom. The normalized spacial score (nSPS) is 20.2. The summed E-state index contributed by atoms with van der Waals surface area (Å²) in [5.74, 6) is 2.22. The second-order valence-electron chi connectivity index (χ2n) is 8.58. The van der Waals surface area contributed by atoms with Crippen molar-refractivity contribution in [3.8, 4) is 0 Å². The molecule has 0 unspecified atom stereocenters. The van der Waals surface area contributed by atoms with Gasteiger partial charge in [-0.3, -0.25) is 4.79 Å². The summed E-state index contributed by atoms with van der Waals surface area (Å²) in [5, 5.41) is 3.13. The number of rotatable bonds is 3. The second kappa shape index (κ2) is 8.32. The van der Waals surface area contributed by atoms with E-state index >= 15 is 0 Å². The highest BCUT2D eigenvalue weighted by Gasteiger charge is 2.24. The van der Waals surface area contributed by atoms with Gasteiger partial charge in [-0.05, 0) is 36.7 Å². The first kappa shape index (κ1) is 20.0. The maximum absolute atomic E-state index is 12.3. The smallest absolute Gasteiger partial charge is 0.240 e. The number of fused-ring (bicyclic) bond motifs is 1. The molecular weight excluding hydrogens is 392 g/mol. The highest BCUT2D eigenvalue weighted by molar-refractivity contribution is 5.95. The number of nitrogen functional groups attached to an aromatic ring is 1. The van der Waals surface area contributed by atoms with Crippen molar-refractivity contribution in [3.05, 3.63) is 35.4 Å². The lowest BCUT2D eigenvalue weighted by atomic mass is 9.98. The van der Waals surface area contributed by atoms with Crippen LogP contribution >= 0.6 is 0 Å². The van der Waals surface area contributed by atoms with Crippen molar-refractivity contribution in [3.63, 3.8) is 0 Å². The molecule has 0 atom stereocenters. The monoisotopic (exact) mass is 422 g/mol. The van der Waals surface area contributed by atoms with E-state index < -0.39 is 0 Å². The zero-order valence-electron chi connectivity index (χ0n) is 18.0. The van der Waals surface area contributed by atoms with Gasteiger partial charge in [0.2, 0.25) is 11.9 Å². The molecule has 2 saturated heterocycles. The van der Waals surface area contributed by atoms with E-state index in [0.29, 0.717) is 19.0 Å². The number of nitrogens with one attached hydrogen (secondary N) is 1. The summed E-state index contributed by atoms with van der Waals surface area (Å²) in [5.41, 5.74) is 9.66. The van der Waals surface area contributed by atoms with Crippen LogP contribution in [0.2, 0.25) is 0 Å². The zero-order chi connectivity index (χ0) is 21.4. The first-order valence-electron chi connectivity index (χ1n) is 11.0. The third kappa shape index (κ3) is 4.15. The molecule has 3 aliphatic rings. The second-order valence-corrected chi connectivity index (χ2v) is 8.58. The van der Waals surface area contributed by atoms with E-state index in [-0.39, 0.29) is 5.91 Å². The van der Waals surface area contributed by atoms with E-state index in [1.54, 1.807) is 0 Å². The summed E-state index contributed by atoms with van der Waals surface area (Å²) < 4.78 is 0. The van der Waals surface area contributed by atoms with Crippen LogP contribution in [0.3, 0.4) is 0 Å². The van der Waals surface area contributed by atoms with Gasteiger partial charge in [-0.2, -0.15) is 9.97 Å². The SMILES string of the molecule is CN1CCN(c2cc(N3CCc4ccc(N5CCNCC5=O)cc4C3)nc(N)n2)CC1. The molecular formula is C22H30N8O. The molecule has 0 bridgehead atoms. The fourth-order valence-electron chi connectivity index (χ4n) is 4.59. The van der Waals surface area contributed by atoms with E-state index in [1.165, 1.54) is 11.1 Å². The van der Waals surface area contributed by atoms with Gasteiger partial charge in [0.1, 0.15) is 11.6 Å². The Morgan fingerprint density at radius 1 is 0.935 bits per heavy atom. The number of likely N-dealkylation sites (N-methyl/N-ethyl adjacent to an activating group) is 1. The summed E-state index contributed by atoms with van der Waals surface area (Å²) in [4.78, 5) is 30.1. The number of hydrogen-bond donors (Lipinski definition) is 2. The van der Waals surface area contributed by atoms with Gasteiger partial charge >= 0.3 is 0 Å². The van der Waals surface area contributed by atoms with Gasteiger partial charge in [-0.25, -0.2) is 0 Å². The molecule has 1 aromatic carbocycles. The third-order valence-corrected chi connectivity index (χ3v) is 6.47. The first-order valence-corrected chi connectivity index (χ1v) is 11.0. The van der Waals surface area contributed by atoms with Crippen molar-refractivity contribution < 1.29 is 4.79 Å². The van der Waals surface area contributed by atoms with E-state index in [9.17, 15) is 4.79 Å². The Kier molecular flexibility index (Phi) is 5.37. The quantitative estimate of drug-likeness (QED) is 0.730. The standard InChI is InChI=1S/C22H30N8O/c1-27-8-10-28(11-9-27)19-13-20(26-22(23)25-19)29-6-4-16-2-3-18(12-17(16)15-29)30-7-5-24-14-21(30)31/h2-3,12-13,24H,4-11,14-15H2,1H3,(H2,23,25,26). The maximum atomic E-state index is 12.3. The number of carbonyl (C=O) groups is 1. The van der Waals surface area contributed by atoms with Crippen LogP contribution in [0, 0.1) is 0 Å². The van der Waals surface area contributed by atoms with Crippen molar-refractivity contribution in [2.75, 3.05) is 79.8 Å². The van der Waals surface area contributed by atoms with Gasteiger partial charge in [-0.15, -0.1) is 0 Å². The maximum Gasteiger partial charge on any atom is 0.240 e. The molecule has 31 heavy (non-hydrogen) atoms. The van der Waals surface area contributed by atoms with Crippen LogP contribution < -0.4 is 25.8 Å². The number of nitrogens with zero attached hydrogens (tertiary/aromatic N) is 6. The Labute approximate surface area is 182 Å². The molecule has 9 nitrogen and oxygen atoms in total. The van der Waals surface area contributed by atoms with Gasteiger partial charge in [-0.1, -0.05) is 6.07 Å². The van der Waals surface area contributed by atoms with Crippen LogP contribution in [-0.2, 0) is 17.8 Å². The van der Waals surface area contributed by atoms with Crippen molar-refractivity contribution >= 4 is 29.2 Å². The summed E-state index contributed by atoms with van der Waals surface area (Å²) in [6.45, 7) is 7.49. The lowest BCUT2D eigenvalue weighted by Gasteiger charge is -2.35. The lowest BCUT2D eigenvalue weighted by Crippen LogP contribution is -2.48. The minimum absolute atomic E-state index is 0.124. The number of piperazine rings is 2. The number of aromatic nitrogens is 2. The highest BCUT2D eigenvalue weighted by Crippen LogP contribution is 2.29. The molecule has 1 aromatic heterocycles. The van der Waals surface area contributed by atoms with Crippen LogP contribution in [0.4, 0.5) is 23.3 Å². The number of amides is 1. The Hall–Kier alpha value is -2.91. The fourth-order valence-corrected chi connectivity index (χ4v) is 4.59. The molecule has 9 heteroatoms. The Bertz CT molecular complexity index is 972. The van der Waals surface area contributed by atoms with Crippen LogP contribution in [0.25, 0.3) is 0 Å². The van der Waals surface area contributed by atoms with Gasteiger partial charge < -0.3 is 30.7 Å². The molecule has 3 N–H and O–H groups in total. The summed E-state index contributed by atoms with van der Waals surface area (Å²) in [7, 11) is 2.14. The fraction of sp³-hybridized carbons (Fsp3) is 0.500. The van der Waals surface area contributed by atoms with Gasteiger partial charge in [0.05, 0.1) is 6.54 Å². The molecule has 0 spiro atoms. The predicted octanol–water partition coefficient (Wildman–Crippen LogP) is 0.310. The number of hydrogen-bond acceptors (Lipinski definition) is 8. The van der Waals surface area contributed by atoms with E-state index in [4.69, 9.17) is 5.73 Å². The highest BCUT2D eigenvalue weighted by atomic mass is 16.2. The number of carbonyl (C=O) groups excluding carboxylic acids is 1. The summed E-state index contributed by atoms with van der Waals surface area (Å²) in [6.07, 6.45) is 0.943. The predicted molar refractivity (Wildman–Crippen MR) is 123 cm³/mol. The average Bonchev–Trinajstić information content (AvgIpc) is 2.79. The summed E-state index contributed by atoms with van der Waals surface area (Å²) >= 11 is 0. The minimum Gasteiger partial charge on any atom is -0.368 e. The third-order valence-electron chi connectivity index (χ3n) is 6.47. The molecule has 164 valence electrons. The molecule has 4 heterocycles. The van der Waals surface area contributed by atoms with Gasteiger partial charge in [0, 0.05) is 64.1 Å². The minimum atomic E-state index is 0.124. The zero-order valence-corrected chi connectivity index (χ0v) is 18.0. The van der Waals surface area contributed by atoms with E-state index in [1.807, 2.05) is 4.90 Å². The van der Waals surface area contributed by atoms with Crippen molar-refractivity contribution in [2.45, 2.75) is 13.0 Å². The molecule has 0 aliphatic carbocycles. The Morgan fingerprint density at radius 3 is 2.48 bits per heavy atom. The molecule has 3 aliphatic heterocycles. The molecule has 2 fully saturated rings. The van der Waals surface area contributed by atoms with Gasteiger partial charge in [0.15, 0.2) is 0 Å².